The number of anilines is 2. The summed E-state index contributed by atoms with van der Waals surface area (Å²) in [5.74, 6) is 0.149. The Morgan fingerprint density at radius 1 is 1.59 bits per heavy atom. The maximum atomic E-state index is 12.0. The second-order valence-corrected chi connectivity index (χ2v) is 5.14. The summed E-state index contributed by atoms with van der Waals surface area (Å²) in [4.78, 5) is 12.0. The molecule has 0 aliphatic carbocycles. The van der Waals surface area contributed by atoms with Crippen LogP contribution in [0.3, 0.4) is 0 Å². The second kappa shape index (κ2) is 5.06. The van der Waals surface area contributed by atoms with Gasteiger partial charge in [0.05, 0.1) is 5.69 Å². The summed E-state index contributed by atoms with van der Waals surface area (Å²) in [5, 5.41) is 2.83. The highest BCUT2D eigenvalue weighted by Gasteiger charge is 2.31. The number of nitrogens with two attached hydrogens (primary N) is 1. The Labute approximate surface area is 109 Å². The van der Waals surface area contributed by atoms with Crippen LogP contribution in [0.15, 0.2) is 22.7 Å². The number of halogens is 1. The number of rotatable bonds is 2. The molecule has 4 nitrogen and oxygen atoms in total. The first kappa shape index (κ1) is 12.4. The van der Waals surface area contributed by atoms with Crippen molar-refractivity contribution >= 4 is 33.2 Å². The zero-order valence-corrected chi connectivity index (χ0v) is 11.2. The lowest BCUT2D eigenvalue weighted by molar-refractivity contribution is -0.126. The van der Waals surface area contributed by atoms with Crippen LogP contribution in [0, 0.1) is 5.92 Å². The van der Waals surface area contributed by atoms with Gasteiger partial charge in [0.2, 0.25) is 0 Å². The maximum Gasteiger partial charge on any atom is 0.253 e. The van der Waals surface area contributed by atoms with Gasteiger partial charge in [-0.3, -0.25) is 4.79 Å². The zero-order valence-electron chi connectivity index (χ0n) is 9.57. The van der Waals surface area contributed by atoms with Gasteiger partial charge < -0.3 is 15.8 Å². The van der Waals surface area contributed by atoms with Crippen LogP contribution >= 0.6 is 15.9 Å². The average Bonchev–Trinajstić information content (AvgIpc) is 2.70. The largest absolute Gasteiger partial charge is 0.399 e. The van der Waals surface area contributed by atoms with Crippen molar-refractivity contribution in [2.45, 2.75) is 19.4 Å². The summed E-state index contributed by atoms with van der Waals surface area (Å²) >= 11 is 3.37. The van der Waals surface area contributed by atoms with Crippen LogP contribution in [0.25, 0.3) is 0 Å². The van der Waals surface area contributed by atoms with Crippen LogP contribution < -0.4 is 11.1 Å². The highest BCUT2D eigenvalue weighted by Crippen LogP contribution is 2.27. The lowest BCUT2D eigenvalue weighted by Gasteiger charge is -2.15. The predicted octanol–water partition coefficient (Wildman–Crippen LogP) is 2.39. The molecule has 5 heteroatoms. The van der Waals surface area contributed by atoms with Crippen molar-refractivity contribution in [2.24, 2.45) is 5.92 Å². The first-order valence-corrected chi connectivity index (χ1v) is 6.34. The summed E-state index contributed by atoms with van der Waals surface area (Å²) in [7, 11) is 0. The predicted molar refractivity (Wildman–Crippen MR) is 70.7 cm³/mol. The Balaban J connectivity index is 2.10. The van der Waals surface area contributed by atoms with Gasteiger partial charge in [-0.05, 0) is 46.5 Å². The number of amides is 1. The quantitative estimate of drug-likeness (QED) is 0.824. The van der Waals surface area contributed by atoms with Crippen molar-refractivity contribution < 1.29 is 9.53 Å². The van der Waals surface area contributed by atoms with Crippen molar-refractivity contribution in [3.63, 3.8) is 0 Å². The molecule has 2 atom stereocenters. The lowest BCUT2D eigenvalue weighted by Crippen LogP contribution is -2.31. The molecule has 0 bridgehead atoms. The minimum Gasteiger partial charge on any atom is -0.399 e. The summed E-state index contributed by atoms with van der Waals surface area (Å²) in [6.07, 6.45) is 0.569. The van der Waals surface area contributed by atoms with E-state index in [1.165, 1.54) is 0 Å². The van der Waals surface area contributed by atoms with E-state index in [4.69, 9.17) is 10.5 Å². The number of hydrogen-bond acceptors (Lipinski definition) is 3. The van der Waals surface area contributed by atoms with Gasteiger partial charge in [-0.2, -0.15) is 0 Å². The fraction of sp³-hybridized carbons (Fsp3) is 0.417. The smallest absolute Gasteiger partial charge is 0.253 e. The van der Waals surface area contributed by atoms with E-state index in [2.05, 4.69) is 21.2 Å². The molecular formula is C12H15BrN2O2. The van der Waals surface area contributed by atoms with Crippen LogP contribution in [0.2, 0.25) is 0 Å². The molecular weight excluding hydrogens is 284 g/mol. The van der Waals surface area contributed by atoms with Gasteiger partial charge in [0, 0.05) is 16.8 Å². The Kier molecular flexibility index (Phi) is 3.69. The summed E-state index contributed by atoms with van der Waals surface area (Å²) in [5.41, 5.74) is 6.97. The van der Waals surface area contributed by atoms with Crippen molar-refractivity contribution in [3.8, 4) is 0 Å². The first-order valence-electron chi connectivity index (χ1n) is 5.55. The third-order valence-corrected chi connectivity index (χ3v) is 3.59. The van der Waals surface area contributed by atoms with Gasteiger partial charge in [0.25, 0.3) is 5.91 Å². The Bertz CT molecular complexity index is 437. The van der Waals surface area contributed by atoms with Gasteiger partial charge in [0.15, 0.2) is 0 Å². The molecule has 1 aliphatic rings. The molecule has 1 aliphatic heterocycles. The molecule has 1 saturated heterocycles. The average molecular weight is 299 g/mol. The monoisotopic (exact) mass is 298 g/mol. The van der Waals surface area contributed by atoms with E-state index in [9.17, 15) is 4.79 Å². The Morgan fingerprint density at radius 2 is 2.35 bits per heavy atom. The van der Waals surface area contributed by atoms with E-state index < -0.39 is 0 Å². The van der Waals surface area contributed by atoms with E-state index in [1.807, 2.05) is 13.0 Å². The van der Waals surface area contributed by atoms with E-state index in [1.54, 1.807) is 12.1 Å². The molecule has 1 heterocycles. The van der Waals surface area contributed by atoms with Crippen LogP contribution in [-0.2, 0) is 9.53 Å². The number of ether oxygens (including phenoxy) is 1. The van der Waals surface area contributed by atoms with Gasteiger partial charge in [-0.1, -0.05) is 6.92 Å². The van der Waals surface area contributed by atoms with Gasteiger partial charge in [-0.25, -0.2) is 0 Å². The Hall–Kier alpha value is -1.07. The molecule has 1 fully saturated rings. The van der Waals surface area contributed by atoms with E-state index in [0.717, 1.165) is 10.9 Å². The fourth-order valence-corrected chi connectivity index (χ4v) is 2.22. The zero-order chi connectivity index (χ0) is 12.4. The molecule has 17 heavy (non-hydrogen) atoms. The number of hydrogen-bond donors (Lipinski definition) is 2. The number of carbonyl (C=O) groups excluding carboxylic acids is 1. The van der Waals surface area contributed by atoms with Gasteiger partial charge >= 0.3 is 0 Å². The van der Waals surface area contributed by atoms with Crippen molar-refractivity contribution in [3.05, 3.63) is 22.7 Å². The molecule has 3 N–H and O–H groups in total. The van der Waals surface area contributed by atoms with Gasteiger partial charge in [0.1, 0.15) is 6.10 Å². The van der Waals surface area contributed by atoms with Crippen molar-refractivity contribution in [2.75, 3.05) is 17.7 Å². The molecule has 0 radical (unpaired) electrons. The fourth-order valence-electron chi connectivity index (χ4n) is 1.87. The number of nitrogens with one attached hydrogen (secondary N) is 1. The third kappa shape index (κ3) is 2.79. The molecule has 2 rings (SSSR count). The van der Waals surface area contributed by atoms with E-state index in [-0.39, 0.29) is 17.9 Å². The van der Waals surface area contributed by atoms with Crippen molar-refractivity contribution in [1.29, 1.82) is 0 Å². The molecule has 92 valence electrons. The summed E-state index contributed by atoms with van der Waals surface area (Å²) < 4.78 is 6.22. The second-order valence-electron chi connectivity index (χ2n) is 4.29. The normalized spacial score (nSPS) is 23.6. The van der Waals surface area contributed by atoms with Crippen LogP contribution in [0.4, 0.5) is 11.4 Å². The number of carbonyl (C=O) groups is 1. The third-order valence-electron chi connectivity index (χ3n) is 2.89. The first-order chi connectivity index (χ1) is 8.08. The van der Waals surface area contributed by atoms with Gasteiger partial charge in [-0.15, -0.1) is 0 Å². The summed E-state index contributed by atoms with van der Waals surface area (Å²) in [6.45, 7) is 2.67. The standard InChI is InChI=1S/C12H15BrN2O2/c1-7-4-5-17-11(7)12(16)15-10-6-8(14)2-3-9(10)13/h2-3,6-7,11H,4-5,14H2,1H3,(H,15,16). The molecule has 0 aromatic heterocycles. The highest BCUT2D eigenvalue weighted by molar-refractivity contribution is 9.10. The minimum atomic E-state index is -0.358. The van der Waals surface area contributed by atoms with Crippen LogP contribution in [-0.4, -0.2) is 18.6 Å². The highest BCUT2D eigenvalue weighted by atomic mass is 79.9. The molecule has 0 spiro atoms. The number of benzene rings is 1. The molecule has 0 saturated carbocycles. The topological polar surface area (TPSA) is 64.3 Å². The SMILES string of the molecule is CC1CCOC1C(=O)Nc1cc(N)ccc1Br. The van der Waals surface area contributed by atoms with Crippen molar-refractivity contribution in [1.82, 2.24) is 0 Å². The maximum absolute atomic E-state index is 12.0. The number of nitrogen functional groups attached to an aromatic ring is 1. The Morgan fingerprint density at radius 3 is 3.00 bits per heavy atom. The van der Waals surface area contributed by atoms with Crippen LogP contribution in [0.1, 0.15) is 13.3 Å². The molecule has 2 unspecified atom stereocenters. The van der Waals surface area contributed by atoms with Crippen LogP contribution in [0.5, 0.6) is 0 Å². The minimum absolute atomic E-state index is 0.110. The van der Waals surface area contributed by atoms with E-state index in [0.29, 0.717) is 18.0 Å². The summed E-state index contributed by atoms with van der Waals surface area (Å²) in [6, 6.07) is 5.31. The molecule has 1 aromatic rings. The van der Waals surface area contributed by atoms with E-state index >= 15 is 0 Å². The molecule has 1 aromatic carbocycles. The lowest BCUT2D eigenvalue weighted by atomic mass is 10.0. The molecule has 1 amide bonds.